The van der Waals surface area contributed by atoms with Crippen LogP contribution in [0.4, 0.5) is 10.5 Å². The maximum atomic E-state index is 12.0. The second-order valence-corrected chi connectivity index (χ2v) is 6.63. The first-order valence-corrected chi connectivity index (χ1v) is 9.06. The molecular weight excluding hydrogens is 326 g/mol. The number of hydrogen-bond donors (Lipinski definition) is 2. The molecule has 1 aliphatic heterocycles. The molecule has 3 rings (SSSR count). The monoisotopic (exact) mass is 351 g/mol. The van der Waals surface area contributed by atoms with Crippen LogP contribution in [0.15, 0.2) is 42.5 Å². The van der Waals surface area contributed by atoms with Crippen molar-refractivity contribution >= 4 is 17.6 Å². The van der Waals surface area contributed by atoms with Gasteiger partial charge in [-0.25, -0.2) is 4.79 Å². The molecule has 5 heteroatoms. The Morgan fingerprint density at radius 2 is 1.65 bits per heavy atom. The normalized spacial score (nSPS) is 12.6. The summed E-state index contributed by atoms with van der Waals surface area (Å²) in [4.78, 5) is 25.8. The van der Waals surface area contributed by atoms with E-state index in [0.717, 1.165) is 29.8 Å². The molecule has 0 radical (unpaired) electrons. The number of amides is 3. The van der Waals surface area contributed by atoms with Crippen molar-refractivity contribution in [3.05, 3.63) is 64.7 Å². The Balaban J connectivity index is 1.51. The Labute approximate surface area is 154 Å². The lowest BCUT2D eigenvalue weighted by molar-refractivity contribution is -0.118. The van der Waals surface area contributed by atoms with Crippen LogP contribution >= 0.6 is 0 Å². The highest BCUT2D eigenvalue weighted by Gasteiger charge is 2.23. The molecule has 1 heterocycles. The van der Waals surface area contributed by atoms with Gasteiger partial charge in [0.2, 0.25) is 5.91 Å². The number of benzene rings is 2. The molecule has 26 heavy (non-hydrogen) atoms. The van der Waals surface area contributed by atoms with Crippen molar-refractivity contribution in [2.45, 2.75) is 39.8 Å². The third-order valence-electron chi connectivity index (χ3n) is 4.67. The fourth-order valence-corrected chi connectivity index (χ4v) is 3.15. The summed E-state index contributed by atoms with van der Waals surface area (Å²) in [6.07, 6.45) is 1.39. The minimum Gasteiger partial charge on any atom is -0.334 e. The highest BCUT2D eigenvalue weighted by atomic mass is 16.2. The highest BCUT2D eigenvalue weighted by Crippen LogP contribution is 2.29. The van der Waals surface area contributed by atoms with Crippen LogP contribution in [0.3, 0.4) is 0 Å². The Kier molecular flexibility index (Phi) is 5.56. The first-order valence-electron chi connectivity index (χ1n) is 9.06. The Morgan fingerprint density at radius 1 is 1.00 bits per heavy atom. The van der Waals surface area contributed by atoms with E-state index in [1.165, 1.54) is 11.1 Å². The zero-order valence-electron chi connectivity index (χ0n) is 15.3. The van der Waals surface area contributed by atoms with E-state index in [-0.39, 0.29) is 11.9 Å². The van der Waals surface area contributed by atoms with Crippen LogP contribution in [0, 0.1) is 6.92 Å². The SMILES string of the molecule is CCC(=O)N1CCc2cc(CNC(=O)NCc3ccc(C)cc3)ccc21. The van der Waals surface area contributed by atoms with Crippen molar-refractivity contribution in [3.63, 3.8) is 0 Å². The quantitative estimate of drug-likeness (QED) is 0.868. The van der Waals surface area contributed by atoms with Crippen molar-refractivity contribution in [3.8, 4) is 0 Å². The van der Waals surface area contributed by atoms with E-state index in [1.807, 2.05) is 55.1 Å². The lowest BCUT2D eigenvalue weighted by atomic mass is 10.1. The van der Waals surface area contributed by atoms with Gasteiger partial charge >= 0.3 is 6.03 Å². The summed E-state index contributed by atoms with van der Waals surface area (Å²) < 4.78 is 0. The lowest BCUT2D eigenvalue weighted by Crippen LogP contribution is -2.34. The predicted molar refractivity (Wildman–Crippen MR) is 103 cm³/mol. The van der Waals surface area contributed by atoms with Gasteiger partial charge in [0, 0.05) is 31.7 Å². The molecule has 0 spiro atoms. The van der Waals surface area contributed by atoms with Gasteiger partial charge in [-0.1, -0.05) is 48.9 Å². The number of nitrogens with zero attached hydrogens (tertiary/aromatic N) is 1. The molecular formula is C21H25N3O2. The number of aryl methyl sites for hydroxylation is 1. The summed E-state index contributed by atoms with van der Waals surface area (Å²) in [5.41, 5.74) is 5.49. The number of anilines is 1. The van der Waals surface area contributed by atoms with Crippen LogP contribution in [0.2, 0.25) is 0 Å². The third-order valence-corrected chi connectivity index (χ3v) is 4.67. The minimum absolute atomic E-state index is 0.158. The first-order chi connectivity index (χ1) is 12.6. The van der Waals surface area contributed by atoms with Crippen molar-refractivity contribution in [1.29, 1.82) is 0 Å². The standard InChI is InChI=1S/C21H25N3O2/c1-3-20(25)24-11-10-18-12-17(8-9-19(18)24)14-23-21(26)22-13-16-6-4-15(2)5-7-16/h4-9,12H,3,10-11,13-14H2,1-2H3,(H2,22,23,26). The zero-order chi connectivity index (χ0) is 18.5. The zero-order valence-corrected chi connectivity index (χ0v) is 15.3. The van der Waals surface area contributed by atoms with E-state index in [9.17, 15) is 9.59 Å². The third kappa shape index (κ3) is 4.23. The van der Waals surface area contributed by atoms with E-state index in [4.69, 9.17) is 0 Å². The molecule has 0 saturated carbocycles. The van der Waals surface area contributed by atoms with Gasteiger partial charge in [0.15, 0.2) is 0 Å². The van der Waals surface area contributed by atoms with E-state index in [0.29, 0.717) is 19.5 Å². The molecule has 2 aromatic carbocycles. The molecule has 0 aromatic heterocycles. The molecule has 5 nitrogen and oxygen atoms in total. The summed E-state index contributed by atoms with van der Waals surface area (Å²) in [7, 11) is 0. The maximum Gasteiger partial charge on any atom is 0.315 e. The molecule has 0 aliphatic carbocycles. The number of hydrogen-bond acceptors (Lipinski definition) is 2. The molecule has 1 aliphatic rings. The molecule has 0 bridgehead atoms. The minimum atomic E-state index is -0.186. The smallest absolute Gasteiger partial charge is 0.315 e. The fraction of sp³-hybridized carbons (Fsp3) is 0.333. The van der Waals surface area contributed by atoms with Crippen LogP contribution < -0.4 is 15.5 Å². The largest absolute Gasteiger partial charge is 0.334 e. The van der Waals surface area contributed by atoms with Crippen LogP contribution in [0.1, 0.15) is 35.6 Å². The Hall–Kier alpha value is -2.82. The number of urea groups is 1. The molecule has 0 fully saturated rings. The van der Waals surface area contributed by atoms with Gasteiger partial charge in [0.05, 0.1) is 0 Å². The summed E-state index contributed by atoms with van der Waals surface area (Å²) in [5, 5.41) is 5.75. The molecule has 2 N–H and O–H groups in total. The van der Waals surface area contributed by atoms with Gasteiger partial charge in [0.25, 0.3) is 0 Å². The summed E-state index contributed by atoms with van der Waals surface area (Å²) in [6.45, 7) is 5.64. The topological polar surface area (TPSA) is 61.4 Å². The van der Waals surface area contributed by atoms with E-state index in [1.54, 1.807) is 0 Å². The van der Waals surface area contributed by atoms with Gasteiger partial charge in [-0.05, 0) is 36.1 Å². The predicted octanol–water partition coefficient (Wildman–Crippen LogP) is 3.29. The number of fused-ring (bicyclic) bond motifs is 1. The summed E-state index contributed by atoms with van der Waals surface area (Å²) in [6, 6.07) is 13.9. The summed E-state index contributed by atoms with van der Waals surface area (Å²) >= 11 is 0. The number of nitrogens with one attached hydrogen (secondary N) is 2. The summed E-state index contributed by atoms with van der Waals surface area (Å²) in [5.74, 6) is 0.158. The van der Waals surface area contributed by atoms with Gasteiger partial charge in [-0.3, -0.25) is 4.79 Å². The van der Waals surface area contributed by atoms with Crippen LogP contribution in [0.5, 0.6) is 0 Å². The van der Waals surface area contributed by atoms with Crippen molar-refractivity contribution < 1.29 is 9.59 Å². The Bertz CT molecular complexity index is 799. The second kappa shape index (κ2) is 8.04. The number of carbonyl (C=O) groups excluding carboxylic acids is 2. The second-order valence-electron chi connectivity index (χ2n) is 6.63. The lowest BCUT2D eigenvalue weighted by Gasteiger charge is -2.16. The molecule has 0 unspecified atom stereocenters. The molecule has 0 atom stereocenters. The van der Waals surface area contributed by atoms with E-state index in [2.05, 4.69) is 16.7 Å². The van der Waals surface area contributed by atoms with Crippen molar-refractivity contribution in [2.75, 3.05) is 11.4 Å². The molecule has 2 aromatic rings. The molecule has 136 valence electrons. The maximum absolute atomic E-state index is 12.0. The van der Waals surface area contributed by atoms with Crippen molar-refractivity contribution in [1.82, 2.24) is 10.6 Å². The van der Waals surface area contributed by atoms with Crippen molar-refractivity contribution in [2.24, 2.45) is 0 Å². The van der Waals surface area contributed by atoms with E-state index < -0.39 is 0 Å². The van der Waals surface area contributed by atoms with Gasteiger partial charge in [0.1, 0.15) is 0 Å². The average Bonchev–Trinajstić information content (AvgIpc) is 3.08. The highest BCUT2D eigenvalue weighted by molar-refractivity contribution is 5.95. The van der Waals surface area contributed by atoms with Crippen LogP contribution in [-0.2, 0) is 24.3 Å². The van der Waals surface area contributed by atoms with Crippen LogP contribution in [-0.4, -0.2) is 18.5 Å². The number of rotatable bonds is 5. The van der Waals surface area contributed by atoms with E-state index >= 15 is 0 Å². The van der Waals surface area contributed by atoms with Gasteiger partial charge in [-0.15, -0.1) is 0 Å². The van der Waals surface area contributed by atoms with Gasteiger partial charge in [-0.2, -0.15) is 0 Å². The van der Waals surface area contributed by atoms with Crippen LogP contribution in [0.25, 0.3) is 0 Å². The fourth-order valence-electron chi connectivity index (χ4n) is 3.15. The molecule has 3 amide bonds. The Morgan fingerprint density at radius 3 is 2.35 bits per heavy atom. The molecule has 0 saturated heterocycles. The number of carbonyl (C=O) groups is 2. The average molecular weight is 351 g/mol. The first kappa shape index (κ1) is 18.0. The van der Waals surface area contributed by atoms with Gasteiger partial charge < -0.3 is 15.5 Å².